The predicted octanol–water partition coefficient (Wildman–Crippen LogP) is 4.62. The Balaban J connectivity index is 1.62. The van der Waals surface area contributed by atoms with Crippen LogP contribution in [0.5, 0.6) is 11.5 Å². The second-order valence-electron chi connectivity index (χ2n) is 9.13. The molecule has 0 bridgehead atoms. The summed E-state index contributed by atoms with van der Waals surface area (Å²) in [6.07, 6.45) is 6.75. The van der Waals surface area contributed by atoms with Gasteiger partial charge >= 0.3 is 0 Å². The number of imidazole rings is 1. The van der Waals surface area contributed by atoms with E-state index in [0.717, 1.165) is 11.0 Å². The van der Waals surface area contributed by atoms with E-state index in [-0.39, 0.29) is 36.2 Å². The summed E-state index contributed by atoms with van der Waals surface area (Å²) >= 11 is 0. The van der Waals surface area contributed by atoms with E-state index in [2.05, 4.69) is 16.5 Å². The summed E-state index contributed by atoms with van der Waals surface area (Å²) < 4.78 is 10.9. The highest BCUT2D eigenvalue weighted by Crippen LogP contribution is 2.48. The number of nitrogens with one attached hydrogen (secondary N) is 2. The molecular formula is C29H29N5O4. The number of benzene rings is 2. The summed E-state index contributed by atoms with van der Waals surface area (Å²) in [5.41, 5.74) is 1.81. The van der Waals surface area contributed by atoms with E-state index < -0.39 is 5.54 Å². The molecular weight excluding hydrogens is 482 g/mol. The minimum atomic E-state index is -1.06. The maximum atomic E-state index is 13.3. The van der Waals surface area contributed by atoms with Crippen molar-refractivity contribution in [1.29, 1.82) is 5.41 Å². The number of carbonyl (C=O) groups is 1. The number of hydrogen-bond acceptors (Lipinski definition) is 6. The first-order valence-electron chi connectivity index (χ1n) is 12.1. The van der Waals surface area contributed by atoms with Crippen LogP contribution in [0.2, 0.25) is 0 Å². The topological polar surface area (TPSA) is 115 Å². The van der Waals surface area contributed by atoms with Crippen LogP contribution in [0.15, 0.2) is 84.7 Å². The number of likely N-dealkylation sites (tertiary alicyclic amines) is 1. The van der Waals surface area contributed by atoms with Crippen LogP contribution >= 0.6 is 0 Å². The van der Waals surface area contributed by atoms with Gasteiger partial charge in [-0.1, -0.05) is 43.0 Å². The molecule has 0 unspecified atom stereocenters. The number of allylic oxidation sites excluding steroid dienone is 3. The molecule has 0 radical (unpaired) electrons. The maximum Gasteiger partial charge on any atom is 0.254 e. The van der Waals surface area contributed by atoms with E-state index in [1.54, 1.807) is 66.5 Å². The van der Waals surface area contributed by atoms with Crippen molar-refractivity contribution < 1.29 is 19.4 Å². The van der Waals surface area contributed by atoms with Gasteiger partial charge in [-0.25, -0.2) is 4.98 Å². The number of amides is 1. The summed E-state index contributed by atoms with van der Waals surface area (Å²) in [6.45, 7) is 5.87. The second-order valence-corrected chi connectivity index (χ2v) is 9.13. The third kappa shape index (κ3) is 3.83. The van der Waals surface area contributed by atoms with Gasteiger partial charge in [0.15, 0.2) is 0 Å². The van der Waals surface area contributed by atoms with Crippen LogP contribution in [0.25, 0.3) is 16.6 Å². The molecule has 0 atom stereocenters. The zero-order valence-corrected chi connectivity index (χ0v) is 21.5. The maximum absolute atomic E-state index is 13.3. The molecule has 0 aliphatic carbocycles. The van der Waals surface area contributed by atoms with E-state index in [0.29, 0.717) is 28.6 Å². The Kier molecular flexibility index (Phi) is 6.28. The lowest BCUT2D eigenvalue weighted by molar-refractivity contribution is -0.133. The minimum Gasteiger partial charge on any atom is -0.509 e. The number of nitrogens with zero attached hydrogens (tertiary/aromatic N) is 3. The Hall–Kier alpha value is -4.79. The standard InChI is InChI=1S/C29H29N5O4/c1-5-9-18(10-6-2)28(36)33-16-29(17-33)25(35)24(27-31-22-11-7-8-12-23(22)32-27)26(30)34(29)19-13-20(37-3)15-21(14-19)38-4/h5-15,30,35H,1,16-17H2,2-4H3,(H,31,32)/b10-6-,18-9+,30-26?. The molecule has 1 aromatic heterocycles. The molecule has 2 aliphatic heterocycles. The Morgan fingerprint density at radius 3 is 2.47 bits per heavy atom. The van der Waals surface area contributed by atoms with Crippen molar-refractivity contribution in [3.63, 3.8) is 0 Å². The van der Waals surface area contributed by atoms with Crippen molar-refractivity contribution in [1.82, 2.24) is 14.9 Å². The third-order valence-corrected chi connectivity index (χ3v) is 6.87. The summed E-state index contributed by atoms with van der Waals surface area (Å²) in [5, 5.41) is 20.9. The molecule has 38 heavy (non-hydrogen) atoms. The monoisotopic (exact) mass is 511 g/mol. The second kappa shape index (κ2) is 9.59. The molecule has 1 fully saturated rings. The van der Waals surface area contributed by atoms with E-state index in [1.165, 1.54) is 0 Å². The van der Waals surface area contributed by atoms with E-state index >= 15 is 0 Å². The molecule has 9 nitrogen and oxygen atoms in total. The van der Waals surface area contributed by atoms with Gasteiger partial charge in [-0.15, -0.1) is 0 Å². The molecule has 9 heteroatoms. The molecule has 2 aromatic carbocycles. The summed E-state index contributed by atoms with van der Waals surface area (Å²) in [6, 6.07) is 12.8. The average molecular weight is 512 g/mol. The SMILES string of the molecule is C=C/C=C(\C=C/C)C(=O)N1CC2(C1)C(O)=C(c1nc3ccccc3[nH]1)C(=N)N2c1cc(OC)cc(OC)c1. The number of rotatable bonds is 7. The van der Waals surface area contributed by atoms with Crippen molar-refractivity contribution in [3.05, 3.63) is 90.5 Å². The van der Waals surface area contributed by atoms with Crippen LogP contribution in [-0.4, -0.2) is 64.6 Å². The lowest BCUT2D eigenvalue weighted by atomic mass is 9.85. The zero-order chi connectivity index (χ0) is 27.0. The van der Waals surface area contributed by atoms with Crippen molar-refractivity contribution in [2.24, 2.45) is 0 Å². The molecule has 2 aliphatic rings. The Bertz CT molecular complexity index is 1490. The number of hydrogen-bond donors (Lipinski definition) is 3. The number of ether oxygens (including phenoxy) is 2. The summed E-state index contributed by atoms with van der Waals surface area (Å²) in [4.78, 5) is 24.5. The summed E-state index contributed by atoms with van der Waals surface area (Å²) in [7, 11) is 3.11. The number of aromatic nitrogens is 2. The highest BCUT2D eigenvalue weighted by atomic mass is 16.5. The number of carbonyl (C=O) groups excluding carboxylic acids is 1. The fourth-order valence-electron chi connectivity index (χ4n) is 5.08. The fraction of sp³-hybridized carbons (Fsp3) is 0.207. The number of H-pyrrole nitrogens is 1. The molecule has 1 amide bonds. The van der Waals surface area contributed by atoms with Crippen molar-refractivity contribution in [2.75, 3.05) is 32.2 Å². The number of para-hydroxylation sites is 2. The fourth-order valence-corrected chi connectivity index (χ4v) is 5.08. The Labute approximate surface area is 220 Å². The highest BCUT2D eigenvalue weighted by molar-refractivity contribution is 6.32. The number of anilines is 1. The van der Waals surface area contributed by atoms with Gasteiger partial charge in [0.25, 0.3) is 5.91 Å². The zero-order valence-electron chi connectivity index (χ0n) is 21.5. The smallest absolute Gasteiger partial charge is 0.254 e. The van der Waals surface area contributed by atoms with Crippen LogP contribution in [0, 0.1) is 5.41 Å². The van der Waals surface area contributed by atoms with Gasteiger partial charge in [0.05, 0.1) is 49.6 Å². The lowest BCUT2D eigenvalue weighted by Gasteiger charge is -2.52. The highest BCUT2D eigenvalue weighted by Gasteiger charge is 2.60. The van der Waals surface area contributed by atoms with Gasteiger partial charge < -0.3 is 29.4 Å². The van der Waals surface area contributed by atoms with E-state index in [4.69, 9.17) is 9.47 Å². The van der Waals surface area contributed by atoms with Crippen molar-refractivity contribution in [2.45, 2.75) is 12.5 Å². The summed E-state index contributed by atoms with van der Waals surface area (Å²) in [5.74, 6) is 1.31. The van der Waals surface area contributed by atoms with Gasteiger partial charge in [-0.3, -0.25) is 10.2 Å². The molecule has 5 rings (SSSR count). The van der Waals surface area contributed by atoms with Crippen LogP contribution in [0.1, 0.15) is 12.7 Å². The number of methoxy groups -OCH3 is 2. The molecule has 194 valence electrons. The van der Waals surface area contributed by atoms with E-state index in [9.17, 15) is 15.3 Å². The predicted molar refractivity (Wildman–Crippen MR) is 148 cm³/mol. The van der Waals surface area contributed by atoms with Gasteiger partial charge in [0.1, 0.15) is 34.5 Å². The van der Waals surface area contributed by atoms with Crippen LogP contribution < -0.4 is 14.4 Å². The number of amidine groups is 1. The van der Waals surface area contributed by atoms with Crippen LogP contribution in [-0.2, 0) is 4.79 Å². The Morgan fingerprint density at radius 2 is 1.87 bits per heavy atom. The molecule has 3 aromatic rings. The first kappa shape index (κ1) is 24.9. The quantitative estimate of drug-likeness (QED) is 0.315. The first-order valence-corrected chi connectivity index (χ1v) is 12.1. The van der Waals surface area contributed by atoms with Crippen molar-refractivity contribution >= 4 is 34.0 Å². The third-order valence-electron chi connectivity index (χ3n) is 6.87. The largest absolute Gasteiger partial charge is 0.509 e. The van der Waals surface area contributed by atoms with Gasteiger partial charge in [0.2, 0.25) is 0 Å². The number of aromatic amines is 1. The lowest BCUT2D eigenvalue weighted by Crippen LogP contribution is -2.71. The van der Waals surface area contributed by atoms with Crippen LogP contribution in [0.3, 0.4) is 0 Å². The molecule has 0 saturated carbocycles. The van der Waals surface area contributed by atoms with Gasteiger partial charge in [-0.2, -0.15) is 0 Å². The molecule has 3 N–H and O–H groups in total. The van der Waals surface area contributed by atoms with E-state index in [1.807, 2.05) is 31.2 Å². The average Bonchev–Trinajstić information content (AvgIpc) is 3.42. The van der Waals surface area contributed by atoms with Gasteiger partial charge in [0, 0.05) is 23.8 Å². The number of aliphatic hydroxyl groups excluding tert-OH is 1. The van der Waals surface area contributed by atoms with Gasteiger partial charge in [-0.05, 0) is 19.1 Å². The molecule has 3 heterocycles. The number of aliphatic hydroxyl groups is 1. The van der Waals surface area contributed by atoms with Crippen molar-refractivity contribution in [3.8, 4) is 11.5 Å². The minimum absolute atomic E-state index is 0.0207. The molecule has 1 spiro atoms. The first-order chi connectivity index (χ1) is 18.4. The normalized spacial score (nSPS) is 17.0. The number of fused-ring (bicyclic) bond motifs is 1. The molecule has 1 saturated heterocycles. The Morgan fingerprint density at radius 1 is 1.18 bits per heavy atom. The van der Waals surface area contributed by atoms with Crippen LogP contribution in [0.4, 0.5) is 5.69 Å².